The minimum atomic E-state index is -0.813. The molecule has 2 atom stereocenters. The molecule has 0 saturated heterocycles. The summed E-state index contributed by atoms with van der Waals surface area (Å²) in [5.41, 5.74) is 0. The molecule has 1 heterocycles. The highest BCUT2D eigenvalue weighted by Crippen LogP contribution is 2.02. The van der Waals surface area contributed by atoms with Crippen LogP contribution in [0.4, 0.5) is 0 Å². The van der Waals surface area contributed by atoms with Gasteiger partial charge in [0.1, 0.15) is 11.8 Å². The van der Waals surface area contributed by atoms with E-state index in [0.717, 1.165) is 0 Å². The fourth-order valence-corrected chi connectivity index (χ4v) is 1.20. The van der Waals surface area contributed by atoms with E-state index in [9.17, 15) is 9.90 Å². The van der Waals surface area contributed by atoms with Gasteiger partial charge in [-0.25, -0.2) is 0 Å². The van der Waals surface area contributed by atoms with Crippen molar-refractivity contribution in [1.29, 1.82) is 0 Å². The first-order chi connectivity index (χ1) is 7.15. The van der Waals surface area contributed by atoms with Crippen molar-refractivity contribution in [2.45, 2.75) is 25.6 Å². The zero-order valence-corrected chi connectivity index (χ0v) is 8.77. The highest BCUT2D eigenvalue weighted by atomic mass is 16.5. The molecule has 0 aliphatic heterocycles. The summed E-state index contributed by atoms with van der Waals surface area (Å²) in [5.74, 6) is 0.209. The molecule has 0 bridgehead atoms. The van der Waals surface area contributed by atoms with Gasteiger partial charge in [0, 0.05) is 0 Å². The maximum absolute atomic E-state index is 11.2. The molecule has 0 amide bonds. The minimum Gasteiger partial charge on any atom is -0.468 e. The van der Waals surface area contributed by atoms with Crippen LogP contribution >= 0.6 is 0 Å². The Morgan fingerprint density at radius 3 is 2.93 bits per heavy atom. The van der Waals surface area contributed by atoms with Gasteiger partial charge in [-0.05, 0) is 19.1 Å². The molecule has 5 heteroatoms. The average Bonchev–Trinajstić information content (AvgIpc) is 2.70. The van der Waals surface area contributed by atoms with Crippen molar-refractivity contribution in [2.75, 3.05) is 7.11 Å². The lowest BCUT2D eigenvalue weighted by molar-refractivity contribution is -0.145. The summed E-state index contributed by atoms with van der Waals surface area (Å²) >= 11 is 0. The molecule has 0 aliphatic rings. The molecule has 15 heavy (non-hydrogen) atoms. The summed E-state index contributed by atoms with van der Waals surface area (Å²) in [6.07, 6.45) is 0.736. The number of carbonyl (C=O) groups excluding carboxylic acids is 1. The number of rotatable bonds is 5. The topological polar surface area (TPSA) is 71.7 Å². The minimum absolute atomic E-state index is 0.373. The van der Waals surface area contributed by atoms with E-state index in [1.807, 2.05) is 0 Å². The van der Waals surface area contributed by atoms with Crippen LogP contribution in [-0.4, -0.2) is 30.3 Å². The molecule has 1 aromatic heterocycles. The molecule has 0 unspecified atom stereocenters. The molecule has 0 fully saturated rings. The zero-order valence-electron chi connectivity index (χ0n) is 8.77. The monoisotopic (exact) mass is 213 g/mol. The number of aliphatic hydroxyl groups is 1. The number of hydrogen-bond donors (Lipinski definition) is 2. The van der Waals surface area contributed by atoms with E-state index in [0.29, 0.717) is 12.3 Å². The van der Waals surface area contributed by atoms with Gasteiger partial charge in [-0.15, -0.1) is 0 Å². The SMILES string of the molecule is COC(=O)[C@H](NCc1ccco1)[C@@H](C)O. The average molecular weight is 213 g/mol. The van der Waals surface area contributed by atoms with Gasteiger partial charge in [0.2, 0.25) is 0 Å². The smallest absolute Gasteiger partial charge is 0.325 e. The van der Waals surface area contributed by atoms with E-state index in [4.69, 9.17) is 4.42 Å². The van der Waals surface area contributed by atoms with Crippen molar-refractivity contribution < 1.29 is 19.1 Å². The third-order valence-corrected chi connectivity index (χ3v) is 2.01. The van der Waals surface area contributed by atoms with Gasteiger partial charge in [-0.2, -0.15) is 0 Å². The van der Waals surface area contributed by atoms with Gasteiger partial charge in [0.25, 0.3) is 0 Å². The van der Waals surface area contributed by atoms with Crippen molar-refractivity contribution in [1.82, 2.24) is 5.32 Å². The summed E-state index contributed by atoms with van der Waals surface area (Å²) in [6.45, 7) is 1.90. The van der Waals surface area contributed by atoms with Crippen molar-refractivity contribution in [2.24, 2.45) is 0 Å². The molecular formula is C10H15NO4. The number of hydrogen-bond acceptors (Lipinski definition) is 5. The predicted molar refractivity (Wildman–Crippen MR) is 53.0 cm³/mol. The third kappa shape index (κ3) is 3.38. The number of nitrogens with one attached hydrogen (secondary N) is 1. The van der Waals surface area contributed by atoms with E-state index in [2.05, 4.69) is 10.1 Å². The van der Waals surface area contributed by atoms with E-state index in [1.54, 1.807) is 18.4 Å². The van der Waals surface area contributed by atoms with Crippen LogP contribution in [0, 0.1) is 0 Å². The summed E-state index contributed by atoms with van der Waals surface area (Å²) < 4.78 is 9.63. The van der Waals surface area contributed by atoms with Crippen LogP contribution in [0.2, 0.25) is 0 Å². The lowest BCUT2D eigenvalue weighted by Crippen LogP contribution is -2.45. The largest absolute Gasteiger partial charge is 0.468 e. The number of furan rings is 1. The molecular weight excluding hydrogens is 198 g/mol. The first-order valence-electron chi connectivity index (χ1n) is 4.67. The lowest BCUT2D eigenvalue weighted by atomic mass is 10.2. The van der Waals surface area contributed by atoms with Crippen LogP contribution < -0.4 is 5.32 Å². The normalized spacial score (nSPS) is 14.6. The number of carbonyl (C=O) groups is 1. The van der Waals surface area contributed by atoms with Gasteiger partial charge in [0.15, 0.2) is 0 Å². The van der Waals surface area contributed by atoms with Gasteiger partial charge in [-0.1, -0.05) is 0 Å². The first kappa shape index (κ1) is 11.7. The van der Waals surface area contributed by atoms with E-state index in [-0.39, 0.29) is 0 Å². The highest BCUT2D eigenvalue weighted by molar-refractivity contribution is 5.76. The first-order valence-corrected chi connectivity index (χ1v) is 4.67. The number of ether oxygens (including phenoxy) is 1. The standard InChI is InChI=1S/C10H15NO4/c1-7(12)9(10(13)14-2)11-6-8-4-3-5-15-8/h3-5,7,9,11-12H,6H2,1-2H3/t7-,9-/m1/s1. The van der Waals surface area contributed by atoms with Crippen molar-refractivity contribution in [3.63, 3.8) is 0 Å². The number of methoxy groups -OCH3 is 1. The van der Waals surface area contributed by atoms with Crippen LogP contribution in [0.15, 0.2) is 22.8 Å². The molecule has 5 nitrogen and oxygen atoms in total. The third-order valence-electron chi connectivity index (χ3n) is 2.01. The molecule has 1 rings (SSSR count). The fraction of sp³-hybridized carbons (Fsp3) is 0.500. The number of aliphatic hydroxyl groups excluding tert-OH is 1. The van der Waals surface area contributed by atoms with Crippen LogP contribution in [0.5, 0.6) is 0 Å². The van der Waals surface area contributed by atoms with Crippen molar-refractivity contribution >= 4 is 5.97 Å². The van der Waals surface area contributed by atoms with Crippen LogP contribution in [-0.2, 0) is 16.1 Å². The zero-order chi connectivity index (χ0) is 11.3. The summed E-state index contributed by atoms with van der Waals surface area (Å²) in [7, 11) is 1.28. The highest BCUT2D eigenvalue weighted by Gasteiger charge is 2.23. The van der Waals surface area contributed by atoms with Crippen LogP contribution in [0.25, 0.3) is 0 Å². The molecule has 0 saturated carbocycles. The Morgan fingerprint density at radius 1 is 1.73 bits per heavy atom. The van der Waals surface area contributed by atoms with Gasteiger partial charge in [0.05, 0.1) is 26.0 Å². The molecule has 84 valence electrons. The Bertz CT molecular complexity index is 294. The lowest BCUT2D eigenvalue weighted by Gasteiger charge is -2.18. The van der Waals surface area contributed by atoms with E-state index >= 15 is 0 Å². The summed E-state index contributed by atoms with van der Waals surface area (Å²) in [5, 5.41) is 12.2. The Kier molecular flexibility index (Phi) is 4.33. The van der Waals surface area contributed by atoms with Gasteiger partial charge < -0.3 is 14.3 Å². The second kappa shape index (κ2) is 5.53. The van der Waals surface area contributed by atoms with E-state index in [1.165, 1.54) is 14.0 Å². The molecule has 0 aliphatic carbocycles. The Balaban J connectivity index is 2.49. The maximum atomic E-state index is 11.2. The molecule has 0 spiro atoms. The van der Waals surface area contributed by atoms with Crippen molar-refractivity contribution in [3.05, 3.63) is 24.2 Å². The molecule has 2 N–H and O–H groups in total. The Morgan fingerprint density at radius 2 is 2.47 bits per heavy atom. The predicted octanol–water partition coefficient (Wildman–Crippen LogP) is 0.292. The van der Waals surface area contributed by atoms with E-state index < -0.39 is 18.1 Å². The Hall–Kier alpha value is -1.33. The van der Waals surface area contributed by atoms with Gasteiger partial charge in [-0.3, -0.25) is 10.1 Å². The molecule has 1 aromatic rings. The second-order valence-electron chi connectivity index (χ2n) is 3.20. The molecule has 0 aromatic carbocycles. The maximum Gasteiger partial charge on any atom is 0.325 e. The Labute approximate surface area is 88.0 Å². The summed E-state index contributed by atoms with van der Waals surface area (Å²) in [6, 6.07) is 2.80. The fourth-order valence-electron chi connectivity index (χ4n) is 1.20. The number of esters is 1. The molecule has 0 radical (unpaired) electrons. The second-order valence-corrected chi connectivity index (χ2v) is 3.20. The quantitative estimate of drug-likeness (QED) is 0.688. The van der Waals surface area contributed by atoms with Crippen LogP contribution in [0.1, 0.15) is 12.7 Å². The van der Waals surface area contributed by atoms with Crippen LogP contribution in [0.3, 0.4) is 0 Å². The summed E-state index contributed by atoms with van der Waals surface area (Å²) in [4.78, 5) is 11.2. The van der Waals surface area contributed by atoms with Crippen molar-refractivity contribution in [3.8, 4) is 0 Å². The van der Waals surface area contributed by atoms with Gasteiger partial charge >= 0.3 is 5.97 Å².